The number of thiophene rings is 1. The molecule has 1 fully saturated rings. The number of hydrogen-bond acceptors (Lipinski definition) is 2. The molecule has 1 atom stereocenters. The number of aliphatic hydroxyl groups is 1. The molecule has 0 aromatic carbocycles. The van der Waals surface area contributed by atoms with Gasteiger partial charge in [-0.05, 0) is 59.2 Å². The summed E-state index contributed by atoms with van der Waals surface area (Å²) in [4.78, 5) is 1.29. The molecule has 0 aliphatic heterocycles. The molecule has 1 heterocycles. The van der Waals surface area contributed by atoms with E-state index in [1.54, 1.807) is 11.3 Å². The minimum atomic E-state index is -0.474. The first-order valence-electron chi connectivity index (χ1n) is 6.35. The van der Waals surface area contributed by atoms with E-state index >= 15 is 0 Å². The van der Waals surface area contributed by atoms with Crippen molar-refractivity contribution in [2.24, 2.45) is 5.41 Å². The van der Waals surface area contributed by atoms with Crippen molar-refractivity contribution in [3.8, 4) is 0 Å². The van der Waals surface area contributed by atoms with Crippen LogP contribution in [0.2, 0.25) is 0 Å². The van der Waals surface area contributed by atoms with E-state index in [1.807, 2.05) is 0 Å². The fraction of sp³-hybridized carbons (Fsp3) is 0.714. The summed E-state index contributed by atoms with van der Waals surface area (Å²) in [7, 11) is 0. The van der Waals surface area contributed by atoms with Crippen LogP contribution in [0.15, 0.2) is 15.9 Å². The number of halogens is 1. The zero-order valence-electron chi connectivity index (χ0n) is 10.6. The highest BCUT2D eigenvalue weighted by Crippen LogP contribution is 2.40. The van der Waals surface area contributed by atoms with Crippen LogP contribution in [-0.4, -0.2) is 10.7 Å². The van der Waals surface area contributed by atoms with Gasteiger partial charge in [0.25, 0.3) is 0 Å². The normalized spacial score (nSPS) is 28.9. The lowest BCUT2D eigenvalue weighted by molar-refractivity contribution is 0.0233. The van der Waals surface area contributed by atoms with Crippen molar-refractivity contribution in [1.82, 2.24) is 0 Å². The molecule has 1 aliphatic rings. The first-order chi connectivity index (χ1) is 7.89. The van der Waals surface area contributed by atoms with Crippen LogP contribution in [0.1, 0.15) is 50.8 Å². The average molecular weight is 317 g/mol. The van der Waals surface area contributed by atoms with Gasteiger partial charge in [0.15, 0.2) is 0 Å². The van der Waals surface area contributed by atoms with Gasteiger partial charge in [0.05, 0.1) is 9.39 Å². The second kappa shape index (κ2) is 5.02. The predicted octanol–water partition coefficient (Wildman–Crippen LogP) is 4.77. The molecule has 1 N–H and O–H groups in total. The van der Waals surface area contributed by atoms with E-state index in [4.69, 9.17) is 0 Å². The quantitative estimate of drug-likeness (QED) is 0.779. The zero-order valence-corrected chi connectivity index (χ0v) is 13.0. The maximum absolute atomic E-state index is 10.7. The van der Waals surface area contributed by atoms with Crippen LogP contribution in [0.4, 0.5) is 0 Å². The first-order valence-corrected chi connectivity index (χ1v) is 7.96. The van der Waals surface area contributed by atoms with Gasteiger partial charge in [0, 0.05) is 11.3 Å². The lowest BCUT2D eigenvalue weighted by atomic mass is 9.83. The van der Waals surface area contributed by atoms with Crippen molar-refractivity contribution < 1.29 is 5.11 Å². The van der Waals surface area contributed by atoms with E-state index in [2.05, 4.69) is 41.9 Å². The molecule has 0 saturated heterocycles. The number of hydrogen-bond donors (Lipinski definition) is 1. The highest BCUT2D eigenvalue weighted by molar-refractivity contribution is 9.11. The van der Waals surface area contributed by atoms with E-state index in [0.717, 1.165) is 35.9 Å². The Labute approximate surface area is 116 Å². The van der Waals surface area contributed by atoms with Crippen molar-refractivity contribution in [1.29, 1.82) is 0 Å². The smallest absolute Gasteiger partial charge is 0.0701 e. The Hall–Kier alpha value is 0.140. The van der Waals surface area contributed by atoms with Crippen LogP contribution in [-0.2, 0) is 6.42 Å². The van der Waals surface area contributed by atoms with Gasteiger partial charge in [0.1, 0.15) is 0 Å². The molecule has 1 aromatic heterocycles. The number of rotatable bonds is 2. The summed E-state index contributed by atoms with van der Waals surface area (Å²) >= 11 is 5.23. The Balaban J connectivity index is 2.03. The van der Waals surface area contributed by atoms with Crippen molar-refractivity contribution in [3.05, 3.63) is 20.8 Å². The second-order valence-electron chi connectivity index (χ2n) is 6.12. The highest BCUT2D eigenvalue weighted by Gasteiger charge is 2.34. The van der Waals surface area contributed by atoms with E-state index in [-0.39, 0.29) is 0 Å². The molecule has 0 spiro atoms. The van der Waals surface area contributed by atoms with E-state index in [0.29, 0.717) is 5.41 Å². The molecule has 3 heteroatoms. The molecular weight excluding hydrogens is 296 g/mol. The lowest BCUT2D eigenvalue weighted by Gasteiger charge is -2.27. The van der Waals surface area contributed by atoms with Gasteiger partial charge >= 0.3 is 0 Å². The summed E-state index contributed by atoms with van der Waals surface area (Å²) < 4.78 is 1.16. The Morgan fingerprint density at radius 1 is 1.24 bits per heavy atom. The highest BCUT2D eigenvalue weighted by atomic mass is 79.9. The molecule has 0 amide bonds. The largest absolute Gasteiger partial charge is 0.390 e. The first kappa shape index (κ1) is 13.6. The third-order valence-corrected chi connectivity index (χ3v) is 5.52. The Kier molecular flexibility index (Phi) is 4.01. The summed E-state index contributed by atoms with van der Waals surface area (Å²) in [5, 5.41) is 10.7. The average Bonchev–Trinajstić information content (AvgIpc) is 2.55. The third kappa shape index (κ3) is 3.80. The minimum absolute atomic E-state index is 0.403. The molecule has 1 aromatic rings. The molecule has 0 bridgehead atoms. The van der Waals surface area contributed by atoms with Gasteiger partial charge in [-0.25, -0.2) is 0 Å². The Morgan fingerprint density at radius 2 is 2.00 bits per heavy atom. The van der Waals surface area contributed by atoms with Crippen molar-refractivity contribution >= 4 is 27.3 Å². The molecule has 17 heavy (non-hydrogen) atoms. The van der Waals surface area contributed by atoms with E-state index in [1.165, 1.54) is 11.3 Å². The van der Waals surface area contributed by atoms with Gasteiger partial charge < -0.3 is 5.11 Å². The fourth-order valence-corrected chi connectivity index (χ4v) is 4.28. The van der Waals surface area contributed by atoms with Gasteiger partial charge in [-0.1, -0.05) is 20.3 Å². The van der Waals surface area contributed by atoms with Crippen LogP contribution in [0, 0.1) is 5.41 Å². The Morgan fingerprint density at radius 3 is 2.65 bits per heavy atom. The minimum Gasteiger partial charge on any atom is -0.390 e. The van der Waals surface area contributed by atoms with Crippen molar-refractivity contribution in [2.75, 3.05) is 0 Å². The Bertz CT molecular complexity index is 385. The molecule has 1 aliphatic carbocycles. The maximum atomic E-state index is 10.7. The molecule has 0 radical (unpaired) electrons. The molecular formula is C14H21BrOS. The topological polar surface area (TPSA) is 20.2 Å². The summed E-state index contributed by atoms with van der Waals surface area (Å²) in [5.74, 6) is 0. The van der Waals surface area contributed by atoms with Gasteiger partial charge in [-0.15, -0.1) is 11.3 Å². The van der Waals surface area contributed by atoms with Gasteiger partial charge in [0.2, 0.25) is 0 Å². The van der Waals surface area contributed by atoms with Crippen LogP contribution in [0.3, 0.4) is 0 Å². The lowest BCUT2D eigenvalue weighted by Crippen LogP contribution is -2.30. The van der Waals surface area contributed by atoms with Crippen LogP contribution >= 0.6 is 27.3 Å². The monoisotopic (exact) mass is 316 g/mol. The summed E-state index contributed by atoms with van der Waals surface area (Å²) in [6.07, 6.45) is 6.23. The van der Waals surface area contributed by atoms with Gasteiger partial charge in [-0.3, -0.25) is 0 Å². The molecule has 2 rings (SSSR count). The summed E-state index contributed by atoms with van der Waals surface area (Å²) in [5.41, 5.74) is -0.0709. The van der Waals surface area contributed by atoms with Crippen LogP contribution in [0.5, 0.6) is 0 Å². The standard InChI is InChI=1S/C14H21BrOS/c1-13(2)6-3-7-14(16,9-8-13)10-11-4-5-12(15)17-11/h4-5,16H,3,6-10H2,1-2H3. The SMILES string of the molecule is CC1(C)CCCC(O)(Cc2ccc(Br)s2)CC1. The van der Waals surface area contributed by atoms with E-state index < -0.39 is 5.60 Å². The van der Waals surface area contributed by atoms with Gasteiger partial charge in [-0.2, -0.15) is 0 Å². The van der Waals surface area contributed by atoms with E-state index in [9.17, 15) is 5.11 Å². The molecule has 1 saturated carbocycles. The van der Waals surface area contributed by atoms with Crippen LogP contribution in [0.25, 0.3) is 0 Å². The molecule has 1 unspecified atom stereocenters. The summed E-state index contributed by atoms with van der Waals surface area (Å²) in [6.45, 7) is 4.64. The molecule has 96 valence electrons. The predicted molar refractivity (Wildman–Crippen MR) is 77.5 cm³/mol. The maximum Gasteiger partial charge on any atom is 0.0701 e. The summed E-state index contributed by atoms with van der Waals surface area (Å²) in [6, 6.07) is 4.20. The van der Waals surface area contributed by atoms with Crippen LogP contribution < -0.4 is 0 Å². The fourth-order valence-electron chi connectivity index (χ4n) is 2.66. The second-order valence-corrected chi connectivity index (χ2v) is 8.67. The van der Waals surface area contributed by atoms with Crippen molar-refractivity contribution in [3.63, 3.8) is 0 Å². The molecule has 1 nitrogen and oxygen atoms in total. The zero-order chi connectivity index (χ0) is 12.5. The third-order valence-electron chi connectivity index (χ3n) is 3.89. The van der Waals surface area contributed by atoms with Crippen molar-refractivity contribution in [2.45, 2.75) is 58.0 Å².